The van der Waals surface area contributed by atoms with Crippen LogP contribution in [-0.4, -0.2) is 44.3 Å². The van der Waals surface area contributed by atoms with Crippen molar-refractivity contribution >= 4 is 17.6 Å². The number of fused-ring (bicyclic) bond motifs is 1. The first-order chi connectivity index (χ1) is 16.5. The highest BCUT2D eigenvalue weighted by Crippen LogP contribution is 2.44. The first-order valence-corrected chi connectivity index (χ1v) is 10.6. The van der Waals surface area contributed by atoms with Gasteiger partial charge in [-0.05, 0) is 17.7 Å². The van der Waals surface area contributed by atoms with Crippen LogP contribution in [0.25, 0.3) is 0 Å². The van der Waals surface area contributed by atoms with Crippen molar-refractivity contribution in [2.75, 3.05) is 0 Å². The van der Waals surface area contributed by atoms with Crippen LogP contribution in [0.2, 0.25) is 5.02 Å². The molecule has 2 aliphatic rings. The number of aliphatic carboxylic acids is 1. The summed E-state index contributed by atoms with van der Waals surface area (Å²) in [7, 11) is 0. The minimum Gasteiger partial charge on any atom is -0.478 e. The van der Waals surface area contributed by atoms with Gasteiger partial charge in [-0.2, -0.15) is 0 Å². The lowest BCUT2D eigenvalue weighted by atomic mass is 9.98. The summed E-state index contributed by atoms with van der Waals surface area (Å²) in [6, 6.07) is 6.80. The Hall–Kier alpha value is -3.91. The number of rotatable bonds is 8. The number of nitrogens with zero attached hydrogens (tertiary/aromatic N) is 3. The molecule has 0 amide bonds. The molecule has 1 aliphatic heterocycles. The lowest BCUT2D eigenvalue weighted by Crippen LogP contribution is -2.45. The van der Waals surface area contributed by atoms with Gasteiger partial charge in [0.15, 0.2) is 5.75 Å². The van der Waals surface area contributed by atoms with Gasteiger partial charge in [-0.15, -0.1) is 20.2 Å². The van der Waals surface area contributed by atoms with Crippen LogP contribution in [-0.2, 0) is 25.8 Å². The molecule has 2 aromatic rings. The van der Waals surface area contributed by atoms with E-state index in [2.05, 4.69) is 9.68 Å². The van der Waals surface area contributed by atoms with E-state index in [4.69, 9.17) is 21.1 Å². The van der Waals surface area contributed by atoms with Crippen molar-refractivity contribution in [1.82, 2.24) is 0 Å². The zero-order valence-electron chi connectivity index (χ0n) is 18.0. The molecule has 2 heterocycles. The molecule has 14 nitrogen and oxygen atoms in total. The normalized spacial score (nSPS) is 25.0. The molecule has 2 N–H and O–H groups in total. The van der Waals surface area contributed by atoms with E-state index in [1.54, 1.807) is 24.3 Å². The summed E-state index contributed by atoms with van der Waals surface area (Å²) < 4.78 is 12.5. The molecular formula is C20H19ClN3O11+. The molecule has 1 aliphatic carbocycles. The van der Waals surface area contributed by atoms with Crippen molar-refractivity contribution in [3.05, 3.63) is 78.1 Å². The highest BCUT2D eigenvalue weighted by Gasteiger charge is 2.57. The van der Waals surface area contributed by atoms with Crippen LogP contribution >= 0.6 is 11.6 Å². The summed E-state index contributed by atoms with van der Waals surface area (Å²) in [5, 5.41) is 40.4. The Balaban J connectivity index is 1.73. The highest BCUT2D eigenvalue weighted by molar-refractivity contribution is 6.30. The van der Waals surface area contributed by atoms with E-state index in [1.807, 2.05) is 0 Å². The number of halogens is 1. The van der Waals surface area contributed by atoms with Crippen molar-refractivity contribution < 1.29 is 49.2 Å². The minimum atomic E-state index is -2.19. The lowest BCUT2D eigenvalue weighted by Gasteiger charge is -2.26. The standard InChI is InChI=1S/C20H18ClN3O11/c1-10-17(14-9-32-18(13(14)8-22(10)27)11-2-4-12(21)5-3-11)33-20(19(25)26)6-15(34-23(28)29)16(7-20)35-24(30)31/h2-5,8,15-16,18H,6-7,9H2,1H3,(H-,25,26,27)/p+1/t15-,16+,18?,20?. The second-order valence-corrected chi connectivity index (χ2v) is 8.55. The molecule has 1 aromatic heterocycles. The maximum Gasteiger partial charge on any atom is 0.348 e. The number of pyridine rings is 1. The first kappa shape index (κ1) is 24.2. The predicted molar refractivity (Wildman–Crippen MR) is 111 cm³/mol. The number of hydrogen-bond acceptors (Lipinski definition) is 10. The van der Waals surface area contributed by atoms with Crippen LogP contribution < -0.4 is 9.47 Å². The molecule has 0 bridgehead atoms. The molecule has 0 saturated heterocycles. The number of carbonyl (C=O) groups is 1. The van der Waals surface area contributed by atoms with E-state index in [1.165, 1.54) is 13.1 Å². The molecule has 4 atom stereocenters. The van der Waals surface area contributed by atoms with Gasteiger partial charge in [0.2, 0.25) is 11.8 Å². The Kier molecular flexibility index (Phi) is 6.25. The Morgan fingerprint density at radius 2 is 1.74 bits per heavy atom. The summed E-state index contributed by atoms with van der Waals surface area (Å²) in [6.07, 6.45) is -3.63. The SMILES string of the molecule is Cc1c(OC2(C(=O)O)C[C@H](O[N+](=O)[O-])[C@H](O[N+](=O)[O-])C2)c2c(c[n+]1O)C(c1ccc(Cl)cc1)OC2. The third kappa shape index (κ3) is 4.57. The van der Waals surface area contributed by atoms with Crippen molar-refractivity contribution in [3.63, 3.8) is 0 Å². The van der Waals surface area contributed by atoms with Gasteiger partial charge in [0.1, 0.15) is 18.3 Å². The number of benzene rings is 1. The van der Waals surface area contributed by atoms with Crippen LogP contribution in [0.5, 0.6) is 5.75 Å². The van der Waals surface area contributed by atoms with Crippen LogP contribution in [0.1, 0.15) is 41.3 Å². The summed E-state index contributed by atoms with van der Waals surface area (Å²) >= 11 is 5.95. The summed E-state index contributed by atoms with van der Waals surface area (Å²) in [6.45, 7) is 1.46. The molecule has 35 heavy (non-hydrogen) atoms. The van der Waals surface area contributed by atoms with Gasteiger partial charge < -0.3 is 24.3 Å². The van der Waals surface area contributed by atoms with Crippen LogP contribution in [0, 0.1) is 27.2 Å². The second kappa shape index (κ2) is 9.03. The minimum absolute atomic E-state index is 0.00100. The van der Waals surface area contributed by atoms with Gasteiger partial charge in [-0.1, -0.05) is 23.7 Å². The van der Waals surface area contributed by atoms with Gasteiger partial charge in [0, 0.05) is 35.1 Å². The summed E-state index contributed by atoms with van der Waals surface area (Å²) in [5.74, 6) is -1.58. The third-order valence-electron chi connectivity index (χ3n) is 6.01. The fourth-order valence-electron chi connectivity index (χ4n) is 4.36. The highest BCUT2D eigenvalue weighted by atomic mass is 35.5. The molecule has 4 rings (SSSR count). The molecule has 0 radical (unpaired) electrons. The smallest absolute Gasteiger partial charge is 0.348 e. The molecule has 186 valence electrons. The molecule has 15 heteroatoms. The second-order valence-electron chi connectivity index (χ2n) is 8.11. The molecule has 2 unspecified atom stereocenters. The number of carboxylic acids is 1. The topological polar surface area (TPSA) is 185 Å². The first-order valence-electron chi connectivity index (χ1n) is 10.2. The van der Waals surface area contributed by atoms with Gasteiger partial charge in [-0.25, -0.2) is 4.79 Å². The molecule has 1 fully saturated rings. The molecular weight excluding hydrogens is 494 g/mol. The van der Waals surface area contributed by atoms with E-state index in [0.717, 1.165) is 10.3 Å². The zero-order chi connectivity index (χ0) is 25.5. The van der Waals surface area contributed by atoms with E-state index in [0.29, 0.717) is 16.1 Å². The van der Waals surface area contributed by atoms with E-state index >= 15 is 0 Å². The van der Waals surface area contributed by atoms with Crippen LogP contribution in [0.4, 0.5) is 0 Å². The quantitative estimate of drug-likeness (QED) is 0.228. The Morgan fingerprint density at radius 3 is 2.26 bits per heavy atom. The molecule has 1 aromatic carbocycles. The lowest BCUT2D eigenvalue weighted by molar-refractivity contribution is -0.909. The monoisotopic (exact) mass is 512 g/mol. The van der Waals surface area contributed by atoms with E-state index in [-0.39, 0.29) is 18.1 Å². The molecule has 1 saturated carbocycles. The van der Waals surface area contributed by atoms with Gasteiger partial charge in [0.25, 0.3) is 15.9 Å². The average Bonchev–Trinajstić information content (AvgIpc) is 3.33. The Morgan fingerprint density at radius 1 is 1.17 bits per heavy atom. The largest absolute Gasteiger partial charge is 0.478 e. The Bertz CT molecular complexity index is 1170. The van der Waals surface area contributed by atoms with Gasteiger partial charge in [-0.3, -0.25) is 5.21 Å². The van der Waals surface area contributed by atoms with Gasteiger partial charge >= 0.3 is 5.97 Å². The molecule has 0 spiro atoms. The van der Waals surface area contributed by atoms with Gasteiger partial charge in [0.05, 0.1) is 12.2 Å². The van der Waals surface area contributed by atoms with Crippen molar-refractivity contribution in [2.45, 2.75) is 50.3 Å². The number of ether oxygens (including phenoxy) is 2. The average molecular weight is 513 g/mol. The summed E-state index contributed by atoms with van der Waals surface area (Å²) in [4.78, 5) is 43.0. The van der Waals surface area contributed by atoms with Crippen molar-refractivity contribution in [2.24, 2.45) is 0 Å². The maximum absolute atomic E-state index is 12.3. The maximum atomic E-state index is 12.3. The van der Waals surface area contributed by atoms with E-state index in [9.17, 15) is 35.3 Å². The number of carboxylic acid groups (broad SMARTS) is 1. The van der Waals surface area contributed by atoms with Crippen LogP contribution in [0.3, 0.4) is 0 Å². The zero-order valence-corrected chi connectivity index (χ0v) is 18.8. The van der Waals surface area contributed by atoms with Crippen molar-refractivity contribution in [1.29, 1.82) is 0 Å². The fraction of sp³-hybridized carbons (Fsp3) is 0.400. The Labute approximate surface area is 201 Å². The number of aromatic nitrogens is 1. The van der Waals surface area contributed by atoms with Crippen LogP contribution in [0.15, 0.2) is 30.5 Å². The third-order valence-corrected chi connectivity index (χ3v) is 6.26. The summed E-state index contributed by atoms with van der Waals surface area (Å²) in [5.41, 5.74) is -0.415. The van der Waals surface area contributed by atoms with E-state index < -0.39 is 52.9 Å². The fourth-order valence-corrected chi connectivity index (χ4v) is 4.49. The van der Waals surface area contributed by atoms with Crippen molar-refractivity contribution in [3.8, 4) is 5.75 Å². The predicted octanol–water partition coefficient (Wildman–Crippen LogP) is 1.94. The number of hydrogen-bond donors (Lipinski definition) is 2.